The molecule has 3 rings (SSSR count). The summed E-state index contributed by atoms with van der Waals surface area (Å²) in [5.74, 6) is 0.230. The van der Waals surface area contributed by atoms with E-state index in [-0.39, 0.29) is 36.4 Å². The second-order valence-corrected chi connectivity index (χ2v) is 8.03. The zero-order valence-corrected chi connectivity index (χ0v) is 16.1. The average Bonchev–Trinajstić information content (AvgIpc) is 2.63. The molecular formula is C22H26N2O3. The minimum absolute atomic E-state index is 0.0211. The van der Waals surface area contributed by atoms with Crippen molar-refractivity contribution < 1.29 is 14.3 Å². The van der Waals surface area contributed by atoms with Crippen molar-refractivity contribution in [2.24, 2.45) is 5.41 Å². The average molecular weight is 366 g/mol. The predicted molar refractivity (Wildman–Crippen MR) is 106 cm³/mol. The maximum absolute atomic E-state index is 12.8. The van der Waals surface area contributed by atoms with Crippen LogP contribution in [0.5, 0.6) is 5.75 Å². The monoisotopic (exact) mass is 366 g/mol. The van der Waals surface area contributed by atoms with Crippen LogP contribution >= 0.6 is 0 Å². The Hall–Kier alpha value is -2.82. The number of rotatable bonds is 5. The Morgan fingerprint density at radius 1 is 1.11 bits per heavy atom. The molecule has 0 aromatic heterocycles. The van der Waals surface area contributed by atoms with Crippen molar-refractivity contribution in [3.63, 3.8) is 0 Å². The van der Waals surface area contributed by atoms with Crippen LogP contribution in [0.2, 0.25) is 0 Å². The summed E-state index contributed by atoms with van der Waals surface area (Å²) in [5.41, 5.74) is 1.75. The number of ether oxygens (including phenoxy) is 1. The van der Waals surface area contributed by atoms with Crippen LogP contribution in [0.15, 0.2) is 54.6 Å². The Morgan fingerprint density at radius 2 is 1.78 bits per heavy atom. The third-order valence-corrected chi connectivity index (χ3v) is 4.46. The van der Waals surface area contributed by atoms with Gasteiger partial charge < -0.3 is 10.1 Å². The second kappa shape index (κ2) is 7.82. The molecule has 0 saturated heterocycles. The van der Waals surface area contributed by atoms with Crippen LogP contribution in [0, 0.1) is 5.41 Å². The van der Waals surface area contributed by atoms with Gasteiger partial charge in [-0.05, 0) is 29.5 Å². The number of nitrogens with zero attached hydrogens (tertiary/aromatic N) is 1. The SMILES string of the molecule is CC(C)(C)CC(NC(=O)CN1C(=O)COc2ccccc21)c1ccccc1. The maximum Gasteiger partial charge on any atom is 0.265 e. The molecule has 1 heterocycles. The number of hydrogen-bond donors (Lipinski definition) is 1. The number of para-hydroxylation sites is 2. The van der Waals surface area contributed by atoms with E-state index in [4.69, 9.17) is 4.74 Å². The highest BCUT2D eigenvalue weighted by Crippen LogP contribution is 2.32. The van der Waals surface area contributed by atoms with Gasteiger partial charge >= 0.3 is 0 Å². The van der Waals surface area contributed by atoms with E-state index < -0.39 is 0 Å². The molecule has 0 bridgehead atoms. The van der Waals surface area contributed by atoms with E-state index in [0.717, 1.165) is 12.0 Å². The summed E-state index contributed by atoms with van der Waals surface area (Å²) >= 11 is 0. The highest BCUT2D eigenvalue weighted by molar-refractivity contribution is 6.02. The zero-order chi connectivity index (χ0) is 19.4. The molecule has 2 amide bonds. The first-order valence-electron chi connectivity index (χ1n) is 9.20. The van der Waals surface area contributed by atoms with Crippen LogP contribution in [0.3, 0.4) is 0 Å². The van der Waals surface area contributed by atoms with Crippen LogP contribution in [0.25, 0.3) is 0 Å². The van der Waals surface area contributed by atoms with Crippen LogP contribution in [0.1, 0.15) is 38.8 Å². The lowest BCUT2D eigenvalue weighted by Crippen LogP contribution is -2.46. The van der Waals surface area contributed by atoms with Crippen molar-refractivity contribution in [3.8, 4) is 5.75 Å². The van der Waals surface area contributed by atoms with Gasteiger partial charge in [-0.2, -0.15) is 0 Å². The molecule has 2 aromatic rings. The Balaban J connectivity index is 1.76. The molecule has 5 nitrogen and oxygen atoms in total. The number of nitrogens with one attached hydrogen (secondary N) is 1. The van der Waals surface area contributed by atoms with Gasteiger partial charge in [0.2, 0.25) is 5.91 Å². The van der Waals surface area contributed by atoms with Crippen molar-refractivity contribution in [1.29, 1.82) is 0 Å². The van der Waals surface area contributed by atoms with E-state index in [0.29, 0.717) is 11.4 Å². The number of carbonyl (C=O) groups is 2. The molecule has 0 fully saturated rings. The molecule has 1 aliphatic rings. The third kappa shape index (κ3) is 4.88. The molecule has 0 aliphatic carbocycles. The van der Waals surface area contributed by atoms with Crippen LogP contribution in [-0.4, -0.2) is 25.0 Å². The molecule has 1 N–H and O–H groups in total. The minimum Gasteiger partial charge on any atom is -0.482 e. The van der Waals surface area contributed by atoms with Gasteiger partial charge in [-0.1, -0.05) is 63.2 Å². The molecule has 1 unspecified atom stereocenters. The lowest BCUT2D eigenvalue weighted by molar-refractivity contribution is -0.125. The summed E-state index contributed by atoms with van der Waals surface area (Å²) in [6.07, 6.45) is 0.802. The van der Waals surface area contributed by atoms with Gasteiger partial charge in [0.15, 0.2) is 6.61 Å². The Labute approximate surface area is 160 Å². The molecule has 1 aliphatic heterocycles. The first-order chi connectivity index (χ1) is 12.8. The van der Waals surface area contributed by atoms with E-state index >= 15 is 0 Å². The Bertz CT molecular complexity index is 812. The van der Waals surface area contributed by atoms with Crippen molar-refractivity contribution in [3.05, 3.63) is 60.2 Å². The summed E-state index contributed by atoms with van der Waals surface area (Å²) in [4.78, 5) is 26.6. The van der Waals surface area contributed by atoms with E-state index in [9.17, 15) is 9.59 Å². The van der Waals surface area contributed by atoms with Gasteiger partial charge in [-0.3, -0.25) is 14.5 Å². The molecule has 27 heavy (non-hydrogen) atoms. The Morgan fingerprint density at radius 3 is 2.48 bits per heavy atom. The first kappa shape index (κ1) is 19.0. The molecule has 1 atom stereocenters. The van der Waals surface area contributed by atoms with Gasteiger partial charge in [-0.15, -0.1) is 0 Å². The molecule has 0 saturated carbocycles. The van der Waals surface area contributed by atoms with Crippen molar-refractivity contribution in [1.82, 2.24) is 5.32 Å². The predicted octanol–water partition coefficient (Wildman–Crippen LogP) is 3.71. The molecule has 0 spiro atoms. The molecular weight excluding hydrogens is 340 g/mol. The van der Waals surface area contributed by atoms with Crippen LogP contribution < -0.4 is 15.0 Å². The fourth-order valence-electron chi connectivity index (χ4n) is 3.26. The lowest BCUT2D eigenvalue weighted by atomic mass is 9.85. The zero-order valence-electron chi connectivity index (χ0n) is 16.1. The summed E-state index contributed by atoms with van der Waals surface area (Å²) in [6, 6.07) is 17.1. The highest BCUT2D eigenvalue weighted by atomic mass is 16.5. The van der Waals surface area contributed by atoms with E-state index in [2.05, 4.69) is 26.1 Å². The van der Waals surface area contributed by atoms with Crippen molar-refractivity contribution >= 4 is 17.5 Å². The molecule has 2 aromatic carbocycles. The third-order valence-electron chi connectivity index (χ3n) is 4.46. The number of hydrogen-bond acceptors (Lipinski definition) is 3. The topological polar surface area (TPSA) is 58.6 Å². The summed E-state index contributed by atoms with van der Waals surface area (Å²) < 4.78 is 5.44. The maximum atomic E-state index is 12.8. The van der Waals surface area contributed by atoms with Crippen LogP contribution in [0.4, 0.5) is 5.69 Å². The van der Waals surface area contributed by atoms with Gasteiger partial charge in [-0.25, -0.2) is 0 Å². The van der Waals surface area contributed by atoms with E-state index in [1.165, 1.54) is 4.90 Å². The van der Waals surface area contributed by atoms with Gasteiger partial charge in [0.25, 0.3) is 5.91 Å². The fraction of sp³-hybridized carbons (Fsp3) is 0.364. The minimum atomic E-state index is -0.212. The number of fused-ring (bicyclic) bond motifs is 1. The molecule has 142 valence electrons. The molecule has 0 radical (unpaired) electrons. The largest absolute Gasteiger partial charge is 0.482 e. The van der Waals surface area contributed by atoms with E-state index in [1.54, 1.807) is 12.1 Å². The van der Waals surface area contributed by atoms with Gasteiger partial charge in [0.05, 0.1) is 11.7 Å². The number of carbonyl (C=O) groups excluding carboxylic acids is 2. The van der Waals surface area contributed by atoms with Crippen molar-refractivity contribution in [2.75, 3.05) is 18.1 Å². The second-order valence-electron chi connectivity index (χ2n) is 8.03. The number of amides is 2. The van der Waals surface area contributed by atoms with Gasteiger partial charge in [0, 0.05) is 0 Å². The number of anilines is 1. The normalized spacial score (nSPS) is 14.9. The van der Waals surface area contributed by atoms with Gasteiger partial charge in [0.1, 0.15) is 12.3 Å². The summed E-state index contributed by atoms with van der Waals surface area (Å²) in [6.45, 7) is 6.38. The van der Waals surface area contributed by atoms with Crippen molar-refractivity contribution in [2.45, 2.75) is 33.2 Å². The number of benzene rings is 2. The Kier molecular flexibility index (Phi) is 5.49. The molecule has 5 heteroatoms. The highest BCUT2D eigenvalue weighted by Gasteiger charge is 2.28. The van der Waals surface area contributed by atoms with E-state index in [1.807, 2.05) is 42.5 Å². The first-order valence-corrected chi connectivity index (χ1v) is 9.20. The smallest absolute Gasteiger partial charge is 0.265 e. The van der Waals surface area contributed by atoms with Crippen LogP contribution in [-0.2, 0) is 9.59 Å². The lowest BCUT2D eigenvalue weighted by Gasteiger charge is -2.31. The standard InChI is InChI=1S/C22H26N2O3/c1-22(2,3)13-17(16-9-5-4-6-10-16)23-20(25)14-24-18-11-7-8-12-19(18)27-15-21(24)26/h4-12,17H,13-15H2,1-3H3,(H,23,25). The summed E-state index contributed by atoms with van der Waals surface area (Å²) in [5, 5.41) is 3.11. The fourth-order valence-corrected chi connectivity index (χ4v) is 3.26. The quantitative estimate of drug-likeness (QED) is 0.878. The summed E-state index contributed by atoms with van der Waals surface area (Å²) in [7, 11) is 0.